The van der Waals surface area contributed by atoms with Crippen LogP contribution >= 0.6 is 0 Å². The van der Waals surface area contributed by atoms with E-state index in [1.165, 1.54) is 60.7 Å². The monoisotopic (exact) mass is 324 g/mol. The van der Waals surface area contributed by atoms with Crippen LogP contribution in [0.1, 0.15) is 43.0 Å². The molecular weight excluding hydrogens is 296 g/mol. The third kappa shape index (κ3) is 2.95. The third-order valence-electron chi connectivity index (χ3n) is 5.45. The van der Waals surface area contributed by atoms with Gasteiger partial charge in [0, 0.05) is 25.1 Å². The summed E-state index contributed by atoms with van der Waals surface area (Å²) in [5, 5.41) is 8.59. The summed E-state index contributed by atoms with van der Waals surface area (Å²) in [5.74, 6) is 1.23. The average Bonchev–Trinajstić information content (AvgIpc) is 3.24. The number of anilines is 1. The first-order valence-electron chi connectivity index (χ1n) is 9.52. The van der Waals surface area contributed by atoms with Crippen LogP contribution in [0.5, 0.6) is 0 Å². The number of para-hydroxylation sites is 1. The predicted molar refractivity (Wildman–Crippen MR) is 99.1 cm³/mol. The van der Waals surface area contributed by atoms with E-state index in [1.54, 1.807) is 0 Å². The highest BCUT2D eigenvalue weighted by atomic mass is 15.3. The van der Waals surface area contributed by atoms with Crippen LogP contribution in [0.25, 0.3) is 5.69 Å². The molecule has 128 valence electrons. The fourth-order valence-electron chi connectivity index (χ4n) is 4.08. The quantitative estimate of drug-likeness (QED) is 0.915. The number of fused-ring (bicyclic) bond motifs is 1. The van der Waals surface area contributed by atoms with Gasteiger partial charge in [0.15, 0.2) is 0 Å². The summed E-state index contributed by atoms with van der Waals surface area (Å²) >= 11 is 0. The van der Waals surface area contributed by atoms with E-state index < -0.39 is 0 Å². The largest absolute Gasteiger partial charge is 0.369 e. The molecule has 2 aromatic rings. The number of hydrogen-bond donors (Lipinski definition) is 1. The minimum Gasteiger partial charge on any atom is -0.369 e. The van der Waals surface area contributed by atoms with E-state index in [9.17, 15) is 0 Å². The Morgan fingerprint density at radius 2 is 1.96 bits per heavy atom. The average molecular weight is 324 g/mol. The molecule has 0 unspecified atom stereocenters. The Hall–Kier alpha value is -1.81. The lowest BCUT2D eigenvalue weighted by molar-refractivity contribution is 0.230. The lowest BCUT2D eigenvalue weighted by atomic mass is 10.1. The van der Waals surface area contributed by atoms with E-state index in [-0.39, 0.29) is 0 Å². The van der Waals surface area contributed by atoms with Crippen LogP contribution in [-0.2, 0) is 19.3 Å². The molecule has 2 aliphatic rings. The van der Waals surface area contributed by atoms with Gasteiger partial charge < -0.3 is 10.2 Å². The number of aromatic nitrogens is 2. The highest BCUT2D eigenvalue weighted by Gasteiger charge is 2.24. The summed E-state index contributed by atoms with van der Waals surface area (Å²) in [5.41, 5.74) is 5.33. The lowest BCUT2D eigenvalue weighted by Crippen LogP contribution is -2.31. The van der Waals surface area contributed by atoms with Gasteiger partial charge >= 0.3 is 0 Å². The van der Waals surface area contributed by atoms with E-state index in [0.717, 1.165) is 32.4 Å². The van der Waals surface area contributed by atoms with Crippen LogP contribution in [0.2, 0.25) is 0 Å². The Bertz CT molecular complexity index is 698. The topological polar surface area (TPSA) is 33.1 Å². The van der Waals surface area contributed by atoms with Crippen LogP contribution in [0.15, 0.2) is 24.3 Å². The van der Waals surface area contributed by atoms with Crippen molar-refractivity contribution < 1.29 is 0 Å². The van der Waals surface area contributed by atoms with Crippen molar-refractivity contribution in [1.29, 1.82) is 0 Å². The Morgan fingerprint density at radius 1 is 1.12 bits per heavy atom. The summed E-state index contributed by atoms with van der Waals surface area (Å²) in [6.07, 6.45) is 7.34. The molecule has 2 aliphatic heterocycles. The third-order valence-corrected chi connectivity index (χ3v) is 5.45. The first kappa shape index (κ1) is 15.7. The molecule has 1 N–H and O–H groups in total. The number of nitrogens with one attached hydrogen (secondary N) is 1. The van der Waals surface area contributed by atoms with E-state index in [4.69, 9.17) is 5.10 Å². The molecule has 0 bridgehead atoms. The molecule has 4 rings (SSSR count). The first-order valence-corrected chi connectivity index (χ1v) is 9.52. The smallest absolute Gasteiger partial charge is 0.133 e. The highest BCUT2D eigenvalue weighted by molar-refractivity contribution is 5.58. The van der Waals surface area contributed by atoms with Gasteiger partial charge in [0.05, 0.1) is 11.4 Å². The van der Waals surface area contributed by atoms with Crippen LogP contribution in [0, 0.1) is 0 Å². The fourth-order valence-corrected chi connectivity index (χ4v) is 4.08. The van der Waals surface area contributed by atoms with Crippen LogP contribution in [0.3, 0.4) is 0 Å². The predicted octanol–water partition coefficient (Wildman–Crippen LogP) is 3.43. The zero-order valence-corrected chi connectivity index (χ0v) is 14.7. The van der Waals surface area contributed by atoms with Gasteiger partial charge in [0.1, 0.15) is 5.82 Å². The summed E-state index contributed by atoms with van der Waals surface area (Å²) in [6, 6.07) is 8.65. The zero-order valence-electron chi connectivity index (χ0n) is 14.7. The molecule has 1 fully saturated rings. The second kappa shape index (κ2) is 6.98. The maximum absolute atomic E-state index is 5.02. The highest BCUT2D eigenvalue weighted by Crippen LogP contribution is 2.30. The molecule has 1 aromatic carbocycles. The maximum atomic E-state index is 5.02. The van der Waals surface area contributed by atoms with Crippen molar-refractivity contribution in [3.63, 3.8) is 0 Å². The minimum atomic E-state index is 1.04. The minimum absolute atomic E-state index is 1.04. The normalized spacial score (nSPS) is 17.7. The number of aryl methyl sites for hydroxylation is 1. The molecule has 0 saturated carbocycles. The number of rotatable bonds is 5. The van der Waals surface area contributed by atoms with Gasteiger partial charge in [-0.25, -0.2) is 4.68 Å². The number of likely N-dealkylation sites (tertiary alicyclic amines) is 1. The molecule has 4 heteroatoms. The summed E-state index contributed by atoms with van der Waals surface area (Å²) in [7, 11) is 0. The number of piperidine rings is 1. The standard InChI is InChI=1S/C20H28N4/c1-2-16-8-4-5-9-19(16)24-20-17(10-12-21-20)18(22-24)11-15-23-13-6-3-7-14-23/h4-5,8-9,21H,2-3,6-7,10-15H2,1H3. The van der Waals surface area contributed by atoms with Gasteiger partial charge in [-0.1, -0.05) is 31.5 Å². The number of benzene rings is 1. The van der Waals surface area contributed by atoms with Crippen LogP contribution in [-0.4, -0.2) is 40.9 Å². The van der Waals surface area contributed by atoms with Gasteiger partial charge in [-0.05, 0) is 50.4 Å². The van der Waals surface area contributed by atoms with E-state index in [0.29, 0.717) is 0 Å². The molecule has 1 saturated heterocycles. The summed E-state index contributed by atoms with van der Waals surface area (Å²) < 4.78 is 2.16. The zero-order chi connectivity index (χ0) is 16.4. The molecular formula is C20H28N4. The van der Waals surface area contributed by atoms with Crippen LogP contribution < -0.4 is 5.32 Å². The van der Waals surface area contributed by atoms with Crippen molar-refractivity contribution >= 4 is 5.82 Å². The van der Waals surface area contributed by atoms with Crippen LogP contribution in [0.4, 0.5) is 5.82 Å². The SMILES string of the molecule is CCc1ccccc1-n1nc(CCN2CCCCC2)c2c1NCC2. The van der Waals surface area contributed by atoms with Crippen molar-refractivity contribution in [3.8, 4) is 5.69 Å². The van der Waals surface area contributed by atoms with E-state index in [2.05, 4.69) is 46.1 Å². The molecule has 1 aromatic heterocycles. The van der Waals surface area contributed by atoms with Gasteiger partial charge in [-0.15, -0.1) is 0 Å². The van der Waals surface area contributed by atoms with Crippen molar-refractivity contribution in [1.82, 2.24) is 14.7 Å². The molecule has 0 spiro atoms. The Labute approximate surface area is 144 Å². The van der Waals surface area contributed by atoms with Crippen molar-refractivity contribution in [2.75, 3.05) is 31.5 Å². The van der Waals surface area contributed by atoms with E-state index in [1.807, 2.05) is 0 Å². The number of hydrogen-bond acceptors (Lipinski definition) is 3. The molecule has 0 atom stereocenters. The van der Waals surface area contributed by atoms with Gasteiger partial charge in [-0.3, -0.25) is 0 Å². The lowest BCUT2D eigenvalue weighted by Gasteiger charge is -2.26. The molecule has 24 heavy (non-hydrogen) atoms. The second-order valence-corrected chi connectivity index (χ2v) is 7.00. The maximum Gasteiger partial charge on any atom is 0.133 e. The van der Waals surface area contributed by atoms with Crippen molar-refractivity contribution in [2.24, 2.45) is 0 Å². The molecule has 0 radical (unpaired) electrons. The molecule has 4 nitrogen and oxygen atoms in total. The molecule has 0 aliphatic carbocycles. The molecule has 0 amide bonds. The van der Waals surface area contributed by atoms with Gasteiger partial charge in [-0.2, -0.15) is 5.10 Å². The van der Waals surface area contributed by atoms with Crippen molar-refractivity contribution in [3.05, 3.63) is 41.1 Å². The Balaban J connectivity index is 1.60. The number of nitrogens with zero attached hydrogens (tertiary/aromatic N) is 3. The first-order chi connectivity index (χ1) is 11.9. The molecule has 3 heterocycles. The fraction of sp³-hybridized carbons (Fsp3) is 0.550. The van der Waals surface area contributed by atoms with E-state index >= 15 is 0 Å². The summed E-state index contributed by atoms with van der Waals surface area (Å²) in [6.45, 7) is 6.93. The van der Waals surface area contributed by atoms with Gasteiger partial charge in [0.2, 0.25) is 0 Å². The second-order valence-electron chi connectivity index (χ2n) is 7.00. The summed E-state index contributed by atoms with van der Waals surface area (Å²) in [4.78, 5) is 2.61. The Morgan fingerprint density at radius 3 is 2.79 bits per heavy atom. The van der Waals surface area contributed by atoms with Crippen molar-refractivity contribution in [2.45, 2.75) is 45.4 Å². The van der Waals surface area contributed by atoms with Gasteiger partial charge in [0.25, 0.3) is 0 Å². The Kier molecular flexibility index (Phi) is 4.56.